The van der Waals surface area contributed by atoms with Crippen LogP contribution >= 0.6 is 0 Å². The number of benzene rings is 2. The molecule has 0 saturated heterocycles. The monoisotopic (exact) mass is 271 g/mol. The highest BCUT2D eigenvalue weighted by molar-refractivity contribution is 5.91. The van der Waals surface area contributed by atoms with E-state index in [4.69, 9.17) is 0 Å². The maximum atomic E-state index is 13.7. The maximum Gasteiger partial charge on any atom is 0.225 e. The van der Waals surface area contributed by atoms with Gasteiger partial charge in [0.1, 0.15) is 5.82 Å². The number of rotatable bonds is 4. The molecule has 1 amide bonds. The lowest BCUT2D eigenvalue weighted by molar-refractivity contribution is -0.116. The van der Waals surface area contributed by atoms with Gasteiger partial charge in [0.25, 0.3) is 0 Å². The van der Waals surface area contributed by atoms with Crippen LogP contribution in [0.3, 0.4) is 0 Å². The van der Waals surface area contributed by atoms with Crippen molar-refractivity contribution in [3.05, 3.63) is 65.5 Å². The highest BCUT2D eigenvalue weighted by Gasteiger charge is 2.12. The Morgan fingerprint density at radius 3 is 2.55 bits per heavy atom. The molecule has 1 unspecified atom stereocenters. The Bertz CT molecular complexity index is 595. The SMILES string of the molecule is Cc1ccc(NC(=O)CC(C)c2ccccc2)c(F)c1. The molecule has 20 heavy (non-hydrogen) atoms. The topological polar surface area (TPSA) is 29.1 Å². The molecule has 0 saturated carbocycles. The van der Waals surface area contributed by atoms with E-state index in [-0.39, 0.29) is 17.5 Å². The molecule has 1 atom stereocenters. The molecule has 104 valence electrons. The molecule has 2 aromatic carbocycles. The van der Waals surface area contributed by atoms with Gasteiger partial charge in [-0.2, -0.15) is 0 Å². The first kappa shape index (κ1) is 14.3. The number of nitrogens with one attached hydrogen (secondary N) is 1. The van der Waals surface area contributed by atoms with Gasteiger partial charge in [-0.15, -0.1) is 0 Å². The van der Waals surface area contributed by atoms with Crippen molar-refractivity contribution in [2.45, 2.75) is 26.2 Å². The average molecular weight is 271 g/mol. The van der Waals surface area contributed by atoms with Crippen LogP contribution in [-0.2, 0) is 4.79 Å². The van der Waals surface area contributed by atoms with Gasteiger partial charge >= 0.3 is 0 Å². The van der Waals surface area contributed by atoms with E-state index in [2.05, 4.69) is 5.32 Å². The van der Waals surface area contributed by atoms with E-state index in [9.17, 15) is 9.18 Å². The smallest absolute Gasteiger partial charge is 0.225 e. The molecule has 0 radical (unpaired) electrons. The van der Waals surface area contributed by atoms with E-state index in [0.717, 1.165) is 11.1 Å². The van der Waals surface area contributed by atoms with Crippen LogP contribution in [0.1, 0.15) is 30.4 Å². The summed E-state index contributed by atoms with van der Waals surface area (Å²) in [5, 5.41) is 2.62. The molecule has 2 aromatic rings. The second-order valence-corrected chi connectivity index (χ2v) is 5.05. The molecule has 0 aliphatic carbocycles. The first-order chi connectivity index (χ1) is 9.56. The van der Waals surface area contributed by atoms with E-state index >= 15 is 0 Å². The third-order valence-electron chi connectivity index (χ3n) is 3.26. The van der Waals surface area contributed by atoms with Crippen LogP contribution < -0.4 is 5.32 Å². The third-order valence-corrected chi connectivity index (χ3v) is 3.26. The Kier molecular flexibility index (Phi) is 4.51. The number of amides is 1. The number of carbonyl (C=O) groups is 1. The second kappa shape index (κ2) is 6.33. The standard InChI is InChI=1S/C17H18FNO/c1-12-8-9-16(15(18)10-12)19-17(20)11-13(2)14-6-4-3-5-7-14/h3-10,13H,11H2,1-2H3,(H,19,20). The maximum absolute atomic E-state index is 13.7. The summed E-state index contributed by atoms with van der Waals surface area (Å²) in [6, 6.07) is 14.6. The van der Waals surface area contributed by atoms with Gasteiger partial charge in [-0.3, -0.25) is 4.79 Å². The lowest BCUT2D eigenvalue weighted by Gasteiger charge is -2.12. The van der Waals surface area contributed by atoms with Crippen LogP contribution in [0.25, 0.3) is 0 Å². The van der Waals surface area contributed by atoms with Crippen molar-refractivity contribution in [3.8, 4) is 0 Å². The first-order valence-electron chi connectivity index (χ1n) is 6.67. The minimum Gasteiger partial charge on any atom is -0.324 e. The Morgan fingerprint density at radius 2 is 1.90 bits per heavy atom. The Labute approximate surface area is 118 Å². The molecule has 0 aromatic heterocycles. The molecule has 0 aliphatic heterocycles. The Hall–Kier alpha value is -2.16. The largest absolute Gasteiger partial charge is 0.324 e. The molecule has 1 N–H and O–H groups in total. The fourth-order valence-corrected chi connectivity index (χ4v) is 2.10. The number of aryl methyl sites for hydroxylation is 1. The second-order valence-electron chi connectivity index (χ2n) is 5.05. The Morgan fingerprint density at radius 1 is 1.20 bits per heavy atom. The Balaban J connectivity index is 1.99. The number of halogens is 1. The van der Waals surface area contributed by atoms with E-state index in [1.54, 1.807) is 12.1 Å². The van der Waals surface area contributed by atoms with Crippen molar-refractivity contribution in [2.24, 2.45) is 0 Å². The molecule has 0 bridgehead atoms. The van der Waals surface area contributed by atoms with E-state index in [0.29, 0.717) is 6.42 Å². The summed E-state index contributed by atoms with van der Waals surface area (Å²) in [7, 11) is 0. The summed E-state index contributed by atoms with van der Waals surface area (Å²) in [4.78, 5) is 12.0. The highest BCUT2D eigenvalue weighted by Crippen LogP contribution is 2.20. The van der Waals surface area contributed by atoms with Gasteiger partial charge in [-0.1, -0.05) is 43.3 Å². The zero-order valence-electron chi connectivity index (χ0n) is 11.7. The van der Waals surface area contributed by atoms with Gasteiger partial charge in [0.15, 0.2) is 0 Å². The van der Waals surface area contributed by atoms with Gasteiger partial charge in [-0.25, -0.2) is 4.39 Å². The van der Waals surface area contributed by atoms with Crippen molar-refractivity contribution in [3.63, 3.8) is 0 Å². The van der Waals surface area contributed by atoms with Crippen molar-refractivity contribution in [2.75, 3.05) is 5.32 Å². The summed E-state index contributed by atoms with van der Waals surface area (Å²) in [5.74, 6) is -0.473. The number of anilines is 1. The lowest BCUT2D eigenvalue weighted by Crippen LogP contribution is -2.15. The summed E-state index contributed by atoms with van der Waals surface area (Å²) in [6.45, 7) is 3.80. The number of hydrogen-bond acceptors (Lipinski definition) is 1. The van der Waals surface area contributed by atoms with Gasteiger partial charge in [0.05, 0.1) is 5.69 Å². The molecule has 3 heteroatoms. The normalized spacial score (nSPS) is 11.9. The summed E-state index contributed by atoms with van der Waals surface area (Å²) >= 11 is 0. The van der Waals surface area contributed by atoms with Crippen LogP contribution in [0, 0.1) is 12.7 Å². The third kappa shape index (κ3) is 3.67. The highest BCUT2D eigenvalue weighted by atomic mass is 19.1. The fourth-order valence-electron chi connectivity index (χ4n) is 2.10. The molecule has 0 heterocycles. The zero-order valence-corrected chi connectivity index (χ0v) is 11.7. The van der Waals surface area contributed by atoms with Crippen LogP contribution in [0.4, 0.5) is 10.1 Å². The predicted molar refractivity (Wildman–Crippen MR) is 79.2 cm³/mol. The number of carbonyl (C=O) groups excluding carboxylic acids is 1. The van der Waals surface area contributed by atoms with E-state index in [1.807, 2.05) is 44.2 Å². The van der Waals surface area contributed by atoms with Crippen LogP contribution in [0.5, 0.6) is 0 Å². The minimum atomic E-state index is -0.397. The molecular formula is C17H18FNO. The van der Waals surface area contributed by atoms with Gasteiger partial charge in [0.2, 0.25) is 5.91 Å². The van der Waals surface area contributed by atoms with Crippen molar-refractivity contribution >= 4 is 11.6 Å². The zero-order chi connectivity index (χ0) is 14.5. The quantitative estimate of drug-likeness (QED) is 0.884. The van der Waals surface area contributed by atoms with Crippen LogP contribution in [0.2, 0.25) is 0 Å². The molecular weight excluding hydrogens is 253 g/mol. The van der Waals surface area contributed by atoms with Crippen molar-refractivity contribution in [1.29, 1.82) is 0 Å². The average Bonchev–Trinajstić information content (AvgIpc) is 2.43. The molecule has 0 fully saturated rings. The molecule has 2 rings (SSSR count). The predicted octanol–water partition coefficient (Wildman–Crippen LogP) is 4.27. The first-order valence-corrected chi connectivity index (χ1v) is 6.67. The van der Waals surface area contributed by atoms with Crippen LogP contribution in [-0.4, -0.2) is 5.91 Å². The fraction of sp³-hybridized carbons (Fsp3) is 0.235. The van der Waals surface area contributed by atoms with Crippen molar-refractivity contribution in [1.82, 2.24) is 0 Å². The summed E-state index contributed by atoms with van der Waals surface area (Å²) in [6.07, 6.45) is 0.331. The summed E-state index contributed by atoms with van der Waals surface area (Å²) in [5.41, 5.74) is 2.17. The van der Waals surface area contributed by atoms with Gasteiger partial charge in [-0.05, 0) is 36.1 Å². The van der Waals surface area contributed by atoms with Gasteiger partial charge < -0.3 is 5.32 Å². The van der Waals surface area contributed by atoms with Gasteiger partial charge in [0, 0.05) is 6.42 Å². The molecule has 2 nitrogen and oxygen atoms in total. The minimum absolute atomic E-state index is 0.102. The van der Waals surface area contributed by atoms with E-state index in [1.165, 1.54) is 6.07 Å². The number of hydrogen-bond donors (Lipinski definition) is 1. The van der Waals surface area contributed by atoms with Crippen molar-refractivity contribution < 1.29 is 9.18 Å². The lowest BCUT2D eigenvalue weighted by atomic mass is 9.97. The molecule has 0 aliphatic rings. The molecule has 0 spiro atoms. The van der Waals surface area contributed by atoms with E-state index < -0.39 is 5.82 Å². The van der Waals surface area contributed by atoms with Crippen LogP contribution in [0.15, 0.2) is 48.5 Å². The summed E-state index contributed by atoms with van der Waals surface area (Å²) < 4.78 is 13.7.